The number of carboxylic acid groups (broad SMARTS) is 1. The average Bonchev–Trinajstić information content (AvgIpc) is 2.49. The Labute approximate surface area is 149 Å². The van der Waals surface area contributed by atoms with Crippen LogP contribution in [0, 0.1) is 0 Å². The minimum absolute atomic E-state index is 0.000234. The Hall–Kier alpha value is -2.29. The number of halogens is 3. The summed E-state index contributed by atoms with van der Waals surface area (Å²) in [5.74, 6) is -0.901. The van der Waals surface area contributed by atoms with E-state index in [1.165, 1.54) is 18.2 Å². The summed E-state index contributed by atoms with van der Waals surface area (Å²) >= 11 is 0. The van der Waals surface area contributed by atoms with Crippen LogP contribution in [0.2, 0.25) is 0 Å². The second-order valence-corrected chi connectivity index (χ2v) is 6.33. The number of rotatable bonds is 7. The molecule has 2 rings (SSSR count). The van der Waals surface area contributed by atoms with Gasteiger partial charge in [0, 0.05) is 17.8 Å². The van der Waals surface area contributed by atoms with Crippen LogP contribution in [0.15, 0.2) is 24.3 Å². The van der Waals surface area contributed by atoms with Gasteiger partial charge < -0.3 is 15.7 Å². The first-order valence-corrected chi connectivity index (χ1v) is 8.36. The van der Waals surface area contributed by atoms with Crippen LogP contribution in [0.5, 0.6) is 0 Å². The minimum atomic E-state index is -4.36. The largest absolute Gasteiger partial charge is 0.480 e. The first-order valence-electron chi connectivity index (χ1n) is 8.36. The van der Waals surface area contributed by atoms with Crippen LogP contribution in [-0.4, -0.2) is 53.4 Å². The number of urea groups is 1. The van der Waals surface area contributed by atoms with Crippen molar-refractivity contribution in [2.24, 2.45) is 0 Å². The number of amides is 2. The number of benzene rings is 1. The highest BCUT2D eigenvalue weighted by Gasteiger charge is 2.35. The van der Waals surface area contributed by atoms with Gasteiger partial charge in [0.1, 0.15) is 0 Å². The van der Waals surface area contributed by atoms with Crippen LogP contribution in [0.25, 0.3) is 0 Å². The number of hydrogen-bond donors (Lipinski definition) is 3. The third-order valence-electron chi connectivity index (χ3n) is 4.37. The number of carbonyl (C=O) groups is 2. The van der Waals surface area contributed by atoms with Gasteiger partial charge in [0.2, 0.25) is 0 Å². The Bertz CT molecular complexity index is 646. The van der Waals surface area contributed by atoms with Crippen LogP contribution in [0.1, 0.15) is 25.3 Å². The maximum Gasteiger partial charge on any atom is 0.393 e. The molecule has 6 nitrogen and oxygen atoms in total. The molecule has 0 unspecified atom stereocenters. The molecule has 2 amide bonds. The second kappa shape index (κ2) is 8.39. The molecule has 1 aliphatic carbocycles. The lowest BCUT2D eigenvalue weighted by Crippen LogP contribution is -2.55. The molecule has 0 atom stereocenters. The van der Waals surface area contributed by atoms with Crippen LogP contribution in [0.3, 0.4) is 0 Å². The minimum Gasteiger partial charge on any atom is -0.480 e. The van der Waals surface area contributed by atoms with Crippen LogP contribution in [0.4, 0.5) is 23.7 Å². The number of anilines is 1. The van der Waals surface area contributed by atoms with Crippen molar-refractivity contribution in [2.75, 3.05) is 18.4 Å². The molecule has 1 fully saturated rings. The van der Waals surface area contributed by atoms with Gasteiger partial charge in [-0.25, -0.2) is 4.79 Å². The fourth-order valence-corrected chi connectivity index (χ4v) is 3.03. The Morgan fingerprint density at radius 1 is 1.27 bits per heavy atom. The molecule has 1 aromatic carbocycles. The quantitative estimate of drug-likeness (QED) is 0.687. The lowest BCUT2D eigenvalue weighted by molar-refractivity contribution is -0.139. The molecule has 9 heteroatoms. The summed E-state index contributed by atoms with van der Waals surface area (Å²) in [5, 5.41) is 14.0. The zero-order valence-corrected chi connectivity index (χ0v) is 14.3. The molecule has 1 aliphatic rings. The van der Waals surface area contributed by atoms with E-state index < -0.39 is 24.6 Å². The molecule has 1 saturated carbocycles. The molecule has 0 aliphatic heterocycles. The fourth-order valence-electron chi connectivity index (χ4n) is 3.03. The van der Waals surface area contributed by atoms with E-state index >= 15 is 0 Å². The SMILES string of the molecule is CCN(CC(=O)O)C1CC(NC(=O)Nc2ccccc2CC(F)(F)F)C1. The highest BCUT2D eigenvalue weighted by molar-refractivity contribution is 5.90. The molecule has 144 valence electrons. The summed E-state index contributed by atoms with van der Waals surface area (Å²) in [4.78, 5) is 24.7. The van der Waals surface area contributed by atoms with Gasteiger partial charge in [-0.05, 0) is 31.0 Å². The van der Waals surface area contributed by atoms with Crippen molar-refractivity contribution < 1.29 is 27.9 Å². The summed E-state index contributed by atoms with van der Waals surface area (Å²) in [6, 6.07) is 5.19. The van der Waals surface area contributed by atoms with Crippen LogP contribution >= 0.6 is 0 Å². The number of nitrogens with one attached hydrogen (secondary N) is 2. The first-order chi connectivity index (χ1) is 12.2. The zero-order valence-electron chi connectivity index (χ0n) is 14.3. The van der Waals surface area contributed by atoms with Crippen molar-refractivity contribution in [3.8, 4) is 0 Å². The Morgan fingerprint density at radius 2 is 1.92 bits per heavy atom. The summed E-state index contributed by atoms with van der Waals surface area (Å²) in [6.07, 6.45) is -4.25. The molecule has 3 N–H and O–H groups in total. The van der Waals surface area contributed by atoms with E-state index in [0.717, 1.165) is 0 Å². The predicted molar refractivity (Wildman–Crippen MR) is 90.0 cm³/mol. The molecule has 26 heavy (non-hydrogen) atoms. The number of para-hydroxylation sites is 1. The lowest BCUT2D eigenvalue weighted by Gasteiger charge is -2.42. The normalized spacial score (nSPS) is 19.7. The number of hydrogen-bond acceptors (Lipinski definition) is 3. The van der Waals surface area contributed by atoms with E-state index in [-0.39, 0.29) is 29.9 Å². The van der Waals surface area contributed by atoms with Gasteiger partial charge in [-0.2, -0.15) is 13.2 Å². The van der Waals surface area contributed by atoms with E-state index in [0.29, 0.717) is 19.4 Å². The van der Waals surface area contributed by atoms with Gasteiger partial charge in [0.25, 0.3) is 0 Å². The highest BCUT2D eigenvalue weighted by Crippen LogP contribution is 2.27. The third kappa shape index (κ3) is 5.91. The summed E-state index contributed by atoms with van der Waals surface area (Å²) < 4.78 is 37.8. The number of aliphatic carboxylic acids is 1. The molecule has 0 radical (unpaired) electrons. The number of nitrogens with zero attached hydrogens (tertiary/aromatic N) is 1. The predicted octanol–water partition coefficient (Wildman–Crippen LogP) is 2.85. The van der Waals surface area contributed by atoms with Gasteiger partial charge in [0.15, 0.2) is 0 Å². The summed E-state index contributed by atoms with van der Waals surface area (Å²) in [5.41, 5.74) is 0.125. The fraction of sp³-hybridized carbons (Fsp3) is 0.529. The number of alkyl halides is 3. The first kappa shape index (κ1) is 20.0. The number of carbonyl (C=O) groups excluding carboxylic acids is 1. The molecular weight excluding hydrogens is 351 g/mol. The highest BCUT2D eigenvalue weighted by atomic mass is 19.4. The van der Waals surface area contributed by atoms with E-state index in [9.17, 15) is 22.8 Å². The third-order valence-corrected chi connectivity index (χ3v) is 4.37. The molecule has 0 spiro atoms. The second-order valence-electron chi connectivity index (χ2n) is 6.33. The van der Waals surface area contributed by atoms with Crippen molar-refractivity contribution in [2.45, 2.75) is 44.4 Å². The molecule has 1 aromatic rings. The Balaban J connectivity index is 1.85. The van der Waals surface area contributed by atoms with E-state index in [1.807, 2.05) is 11.8 Å². The van der Waals surface area contributed by atoms with E-state index in [4.69, 9.17) is 5.11 Å². The molecular formula is C17H22F3N3O3. The van der Waals surface area contributed by atoms with Crippen molar-refractivity contribution in [3.05, 3.63) is 29.8 Å². The van der Waals surface area contributed by atoms with Crippen LogP contribution < -0.4 is 10.6 Å². The van der Waals surface area contributed by atoms with Gasteiger partial charge >= 0.3 is 18.2 Å². The van der Waals surface area contributed by atoms with Gasteiger partial charge in [-0.3, -0.25) is 9.69 Å². The molecule has 0 aromatic heterocycles. The Kier molecular flexibility index (Phi) is 6.47. The van der Waals surface area contributed by atoms with E-state index in [1.54, 1.807) is 6.07 Å². The zero-order chi connectivity index (χ0) is 19.3. The van der Waals surface area contributed by atoms with Crippen molar-refractivity contribution in [3.63, 3.8) is 0 Å². The maximum absolute atomic E-state index is 12.6. The van der Waals surface area contributed by atoms with E-state index in [2.05, 4.69) is 10.6 Å². The molecule has 0 saturated heterocycles. The van der Waals surface area contributed by atoms with Crippen LogP contribution in [-0.2, 0) is 11.2 Å². The summed E-state index contributed by atoms with van der Waals surface area (Å²) in [6.45, 7) is 2.42. The molecule has 0 bridgehead atoms. The van der Waals surface area contributed by atoms with Gasteiger partial charge in [-0.1, -0.05) is 25.1 Å². The lowest BCUT2D eigenvalue weighted by atomic mass is 9.85. The average molecular weight is 373 g/mol. The summed E-state index contributed by atoms with van der Waals surface area (Å²) in [7, 11) is 0. The monoisotopic (exact) mass is 373 g/mol. The van der Waals surface area contributed by atoms with Gasteiger partial charge in [-0.15, -0.1) is 0 Å². The van der Waals surface area contributed by atoms with Crippen molar-refractivity contribution in [1.82, 2.24) is 10.2 Å². The standard InChI is InChI=1S/C17H22F3N3O3/c1-2-23(10-15(24)25)13-7-12(8-13)21-16(26)22-14-6-4-3-5-11(14)9-17(18,19)20/h3-6,12-13H,2,7-10H2,1H3,(H,24,25)(H2,21,22,26). The van der Waals surface area contributed by atoms with Crippen molar-refractivity contribution in [1.29, 1.82) is 0 Å². The number of likely N-dealkylation sites (N-methyl/N-ethyl adjacent to an activating group) is 1. The maximum atomic E-state index is 12.6. The smallest absolute Gasteiger partial charge is 0.393 e. The van der Waals surface area contributed by atoms with Crippen molar-refractivity contribution >= 4 is 17.7 Å². The molecule has 0 heterocycles. The number of carboxylic acids is 1. The Morgan fingerprint density at radius 3 is 2.50 bits per heavy atom. The topological polar surface area (TPSA) is 81.7 Å². The van der Waals surface area contributed by atoms with Gasteiger partial charge in [0.05, 0.1) is 13.0 Å².